The van der Waals surface area contributed by atoms with Crippen molar-refractivity contribution in [2.45, 2.75) is 6.92 Å². The van der Waals surface area contributed by atoms with E-state index in [9.17, 15) is 4.57 Å². The summed E-state index contributed by atoms with van der Waals surface area (Å²) in [7, 11) is -2.35. The third-order valence-electron chi connectivity index (χ3n) is 3.28. The van der Waals surface area contributed by atoms with E-state index in [1.807, 2.05) is 18.2 Å². The van der Waals surface area contributed by atoms with E-state index < -0.39 is 8.25 Å². The second kappa shape index (κ2) is 10.4. The minimum atomic E-state index is -2.35. The Balaban J connectivity index is 0.000000326. The average molecular weight is 354 g/mol. The first-order valence-corrected chi connectivity index (χ1v) is 9.09. The summed E-state index contributed by atoms with van der Waals surface area (Å²) in [5.41, 5.74) is 3.50. The molecule has 4 nitrogen and oxygen atoms in total. The molecule has 0 spiro atoms. The summed E-state index contributed by atoms with van der Waals surface area (Å²) >= 11 is 0. The zero-order valence-electron chi connectivity index (χ0n) is 14.0. The summed E-state index contributed by atoms with van der Waals surface area (Å²) in [4.78, 5) is 10.1. The molecule has 0 saturated heterocycles. The lowest BCUT2D eigenvalue weighted by Gasteiger charge is -2.25. The van der Waals surface area contributed by atoms with Gasteiger partial charge >= 0.3 is 8.25 Å². The number of para-hydroxylation sites is 3. The number of hydrogen-bond donors (Lipinski definition) is 1. The van der Waals surface area contributed by atoms with Crippen LogP contribution in [0.5, 0.6) is 0 Å². The van der Waals surface area contributed by atoms with Gasteiger partial charge in [0, 0.05) is 21.6 Å². The molecule has 3 rings (SSSR count). The minimum absolute atomic E-state index is 0.297. The van der Waals surface area contributed by atoms with Gasteiger partial charge in [0.15, 0.2) is 0 Å². The fourth-order valence-corrected chi connectivity index (χ4v) is 2.51. The molecule has 0 radical (unpaired) electrons. The van der Waals surface area contributed by atoms with Crippen LogP contribution in [0.15, 0.2) is 91.0 Å². The zero-order chi connectivity index (χ0) is 17.9. The van der Waals surface area contributed by atoms with Gasteiger partial charge in [0.05, 0.1) is 0 Å². The van der Waals surface area contributed by atoms with E-state index >= 15 is 0 Å². The molecule has 1 N–H and O–H groups in total. The molecule has 1 unspecified atom stereocenters. The van der Waals surface area contributed by atoms with Gasteiger partial charge < -0.3 is 4.90 Å². The predicted molar refractivity (Wildman–Crippen MR) is 103 cm³/mol. The highest BCUT2D eigenvalue weighted by Gasteiger charge is 2.10. The van der Waals surface area contributed by atoms with Crippen molar-refractivity contribution >= 4 is 25.3 Å². The van der Waals surface area contributed by atoms with Crippen LogP contribution in [-0.4, -0.2) is 11.5 Å². The number of nitrogens with zero attached hydrogens (tertiary/aromatic N) is 1. The van der Waals surface area contributed by atoms with Crippen molar-refractivity contribution in [3.05, 3.63) is 91.0 Å². The van der Waals surface area contributed by atoms with Crippen LogP contribution in [-0.2, 0) is 9.09 Å². The lowest BCUT2D eigenvalue weighted by Crippen LogP contribution is -2.09. The van der Waals surface area contributed by atoms with Gasteiger partial charge in [-0.05, 0) is 43.3 Å². The average Bonchev–Trinajstić information content (AvgIpc) is 2.65. The monoisotopic (exact) mass is 354 g/mol. The van der Waals surface area contributed by atoms with Crippen molar-refractivity contribution in [3.8, 4) is 0 Å². The van der Waals surface area contributed by atoms with E-state index in [4.69, 9.17) is 4.89 Å². The van der Waals surface area contributed by atoms with E-state index in [0.717, 1.165) is 0 Å². The summed E-state index contributed by atoms with van der Waals surface area (Å²) in [6.45, 7) is 1.95. The van der Waals surface area contributed by atoms with Gasteiger partial charge in [0.25, 0.3) is 0 Å². The van der Waals surface area contributed by atoms with E-state index in [1.165, 1.54) is 17.1 Å². The molecule has 1 atom stereocenters. The lowest BCUT2D eigenvalue weighted by atomic mass is 10.2. The Morgan fingerprint density at radius 3 is 1.28 bits per heavy atom. The standard InChI is InChI=1S/C18H15N.C2H5O3P/c1-4-10-16(11-5-1)19(17-12-6-2-7-13-17)18-14-8-3-9-15-18;1-2-5-6(3)4/h1-15H;2H2,1H3/p+1. The quantitative estimate of drug-likeness (QED) is 0.586. The summed E-state index contributed by atoms with van der Waals surface area (Å²) in [6, 6.07) is 31.3. The van der Waals surface area contributed by atoms with Crippen molar-refractivity contribution in [1.29, 1.82) is 0 Å². The van der Waals surface area contributed by atoms with Crippen molar-refractivity contribution in [2.24, 2.45) is 0 Å². The van der Waals surface area contributed by atoms with Gasteiger partial charge in [0.1, 0.15) is 6.61 Å². The van der Waals surface area contributed by atoms with Gasteiger partial charge in [-0.15, -0.1) is 9.42 Å². The van der Waals surface area contributed by atoms with Crippen LogP contribution < -0.4 is 4.90 Å². The van der Waals surface area contributed by atoms with Crippen LogP contribution in [0, 0.1) is 0 Å². The highest BCUT2D eigenvalue weighted by atomic mass is 31.1. The molecule has 25 heavy (non-hydrogen) atoms. The number of anilines is 3. The molecular weight excluding hydrogens is 333 g/mol. The Hall–Kier alpha value is -2.52. The largest absolute Gasteiger partial charge is 0.694 e. The van der Waals surface area contributed by atoms with Crippen molar-refractivity contribution in [3.63, 3.8) is 0 Å². The molecule has 5 heteroatoms. The highest BCUT2D eigenvalue weighted by molar-refractivity contribution is 7.32. The Kier molecular flexibility index (Phi) is 7.80. The van der Waals surface area contributed by atoms with Crippen LogP contribution >= 0.6 is 8.25 Å². The molecular formula is C20H21NO3P+. The van der Waals surface area contributed by atoms with Gasteiger partial charge in [-0.1, -0.05) is 54.6 Å². The molecule has 3 aromatic rings. The number of hydrogen-bond acceptors (Lipinski definition) is 3. The minimum Gasteiger partial charge on any atom is -0.311 e. The second-order valence-corrected chi connectivity index (χ2v) is 5.73. The molecule has 128 valence electrons. The Labute approximate surface area is 149 Å². The van der Waals surface area contributed by atoms with Gasteiger partial charge in [0.2, 0.25) is 0 Å². The van der Waals surface area contributed by atoms with Gasteiger partial charge in [-0.3, -0.25) is 0 Å². The normalized spacial score (nSPS) is 10.4. The molecule has 0 aliphatic rings. The summed E-state index contributed by atoms with van der Waals surface area (Å²) in [5, 5.41) is 0. The number of rotatable bonds is 5. The van der Waals surface area contributed by atoms with Crippen LogP contribution in [0.2, 0.25) is 0 Å². The molecule has 0 heterocycles. The molecule has 0 bridgehead atoms. The molecule has 0 saturated carbocycles. The predicted octanol–water partition coefficient (Wildman–Crippen LogP) is 5.83. The van der Waals surface area contributed by atoms with E-state index in [-0.39, 0.29) is 0 Å². The molecule has 0 aliphatic carbocycles. The van der Waals surface area contributed by atoms with Crippen molar-refractivity contribution in [2.75, 3.05) is 11.5 Å². The first-order chi connectivity index (χ1) is 12.2. The molecule has 0 amide bonds. The third-order valence-corrected chi connectivity index (χ3v) is 3.76. The number of benzene rings is 3. The topological polar surface area (TPSA) is 49.8 Å². The molecule has 0 fully saturated rings. The SMILES string of the molecule is CCO[P+](=O)O.c1ccc(N(c2ccccc2)c2ccccc2)cc1. The molecule has 3 aromatic carbocycles. The second-order valence-electron chi connectivity index (χ2n) is 5.00. The Bertz CT molecular complexity index is 658. The van der Waals surface area contributed by atoms with Crippen LogP contribution in [0.25, 0.3) is 0 Å². The van der Waals surface area contributed by atoms with Crippen molar-refractivity contribution in [1.82, 2.24) is 0 Å². The fraction of sp³-hybridized carbons (Fsp3) is 0.100. The maximum Gasteiger partial charge on any atom is 0.694 e. The van der Waals surface area contributed by atoms with Crippen LogP contribution in [0.4, 0.5) is 17.1 Å². The van der Waals surface area contributed by atoms with Crippen molar-refractivity contribution < 1.29 is 14.0 Å². The zero-order valence-corrected chi connectivity index (χ0v) is 14.9. The van der Waals surface area contributed by atoms with E-state index in [2.05, 4.69) is 82.2 Å². The highest BCUT2D eigenvalue weighted by Crippen LogP contribution is 2.33. The first-order valence-electron chi connectivity index (χ1n) is 7.96. The Morgan fingerprint density at radius 2 is 1.08 bits per heavy atom. The van der Waals surface area contributed by atoms with E-state index in [0.29, 0.717) is 6.61 Å². The van der Waals surface area contributed by atoms with Gasteiger partial charge in [-0.2, -0.15) is 0 Å². The summed E-state index contributed by atoms with van der Waals surface area (Å²) < 4.78 is 13.6. The summed E-state index contributed by atoms with van der Waals surface area (Å²) in [5.74, 6) is 0. The lowest BCUT2D eigenvalue weighted by molar-refractivity contribution is 0.297. The van der Waals surface area contributed by atoms with Gasteiger partial charge in [-0.25, -0.2) is 0 Å². The molecule has 0 aliphatic heterocycles. The smallest absolute Gasteiger partial charge is 0.311 e. The maximum absolute atomic E-state index is 9.53. The Morgan fingerprint density at radius 1 is 0.760 bits per heavy atom. The van der Waals surface area contributed by atoms with E-state index in [1.54, 1.807) is 6.92 Å². The fourth-order valence-electron chi connectivity index (χ4n) is 2.29. The third kappa shape index (κ3) is 6.12. The first kappa shape index (κ1) is 18.8. The van der Waals surface area contributed by atoms with Crippen LogP contribution in [0.1, 0.15) is 6.92 Å². The molecule has 0 aromatic heterocycles. The summed E-state index contributed by atoms with van der Waals surface area (Å²) in [6.07, 6.45) is 0. The maximum atomic E-state index is 9.53. The van der Waals surface area contributed by atoms with Crippen LogP contribution in [0.3, 0.4) is 0 Å².